The number of hydrogen-bond donors (Lipinski definition) is 1. The van der Waals surface area contributed by atoms with Crippen LogP contribution in [0.5, 0.6) is 0 Å². The Kier molecular flexibility index (Phi) is 3.97. The molecule has 7 heteroatoms. The van der Waals surface area contributed by atoms with Gasteiger partial charge in [-0.2, -0.15) is 0 Å². The standard InChI is InChI=1S/C18H16ClN3O3/c19-12-3-4-15-13(10-12)14(11-20-15)17(23)21-5-7-22(8-6-21)18(24)16-2-1-9-25-16/h1-4,9-11,20H,5-8H2. The molecule has 3 aromatic rings. The summed E-state index contributed by atoms with van der Waals surface area (Å²) in [5.74, 6) is 0.126. The minimum absolute atomic E-state index is 0.0568. The molecule has 1 fully saturated rings. The van der Waals surface area contributed by atoms with E-state index in [0.29, 0.717) is 42.5 Å². The van der Waals surface area contributed by atoms with Crippen LogP contribution < -0.4 is 0 Å². The fourth-order valence-corrected chi connectivity index (χ4v) is 3.28. The molecule has 6 nitrogen and oxygen atoms in total. The Bertz CT molecular complexity index is 924. The van der Waals surface area contributed by atoms with Crippen LogP contribution in [0.15, 0.2) is 47.2 Å². The molecule has 1 aliphatic heterocycles. The van der Waals surface area contributed by atoms with Crippen LogP contribution in [0.1, 0.15) is 20.9 Å². The number of fused-ring (bicyclic) bond motifs is 1. The molecule has 128 valence electrons. The number of carbonyl (C=O) groups is 2. The van der Waals surface area contributed by atoms with Gasteiger partial charge >= 0.3 is 0 Å². The lowest BCUT2D eigenvalue weighted by atomic mass is 10.1. The van der Waals surface area contributed by atoms with E-state index in [1.165, 1.54) is 6.26 Å². The third-order valence-corrected chi connectivity index (χ3v) is 4.70. The zero-order valence-corrected chi connectivity index (χ0v) is 14.1. The lowest BCUT2D eigenvalue weighted by Crippen LogP contribution is -2.50. The van der Waals surface area contributed by atoms with E-state index in [9.17, 15) is 9.59 Å². The zero-order chi connectivity index (χ0) is 17.4. The zero-order valence-electron chi connectivity index (χ0n) is 13.4. The van der Waals surface area contributed by atoms with Crippen LogP contribution in [0.2, 0.25) is 5.02 Å². The minimum atomic E-state index is -0.143. The van der Waals surface area contributed by atoms with Gasteiger partial charge in [0.2, 0.25) is 0 Å². The van der Waals surface area contributed by atoms with Crippen LogP contribution in [-0.2, 0) is 0 Å². The second-order valence-electron chi connectivity index (χ2n) is 5.95. The summed E-state index contributed by atoms with van der Waals surface area (Å²) in [7, 11) is 0. The predicted octanol–water partition coefficient (Wildman–Crippen LogP) is 3.01. The molecule has 0 unspecified atom stereocenters. The van der Waals surface area contributed by atoms with E-state index in [0.717, 1.165) is 10.9 Å². The van der Waals surface area contributed by atoms with Gasteiger partial charge in [0.05, 0.1) is 11.8 Å². The fraction of sp³-hybridized carbons (Fsp3) is 0.222. The molecule has 0 saturated carbocycles. The van der Waals surface area contributed by atoms with Crippen molar-refractivity contribution in [1.29, 1.82) is 0 Å². The van der Waals surface area contributed by atoms with Crippen molar-refractivity contribution in [3.63, 3.8) is 0 Å². The van der Waals surface area contributed by atoms with Gasteiger partial charge in [0.1, 0.15) is 0 Å². The average Bonchev–Trinajstić information content (AvgIpc) is 3.30. The summed E-state index contributed by atoms with van der Waals surface area (Å²) in [5, 5.41) is 1.40. The Balaban J connectivity index is 1.47. The molecular weight excluding hydrogens is 342 g/mol. The summed E-state index contributed by atoms with van der Waals surface area (Å²) >= 11 is 6.05. The molecule has 0 atom stereocenters. The highest BCUT2D eigenvalue weighted by atomic mass is 35.5. The van der Waals surface area contributed by atoms with E-state index in [4.69, 9.17) is 16.0 Å². The van der Waals surface area contributed by atoms with Crippen molar-refractivity contribution in [2.75, 3.05) is 26.2 Å². The van der Waals surface area contributed by atoms with Crippen LogP contribution in [-0.4, -0.2) is 52.8 Å². The maximum atomic E-state index is 12.8. The highest BCUT2D eigenvalue weighted by Gasteiger charge is 2.27. The number of aromatic amines is 1. The topological polar surface area (TPSA) is 69.6 Å². The first kappa shape index (κ1) is 15.8. The van der Waals surface area contributed by atoms with Gasteiger partial charge in [-0.25, -0.2) is 0 Å². The average molecular weight is 358 g/mol. The molecule has 0 spiro atoms. The Morgan fingerprint density at radius 2 is 1.76 bits per heavy atom. The number of H-pyrrole nitrogens is 1. The van der Waals surface area contributed by atoms with Gasteiger partial charge in [0, 0.05) is 48.3 Å². The summed E-state index contributed by atoms with van der Waals surface area (Å²) in [5.41, 5.74) is 1.47. The van der Waals surface area contributed by atoms with E-state index in [1.807, 2.05) is 6.07 Å². The lowest BCUT2D eigenvalue weighted by molar-refractivity contribution is 0.0519. The van der Waals surface area contributed by atoms with Crippen molar-refractivity contribution in [2.45, 2.75) is 0 Å². The number of nitrogens with zero attached hydrogens (tertiary/aromatic N) is 2. The Morgan fingerprint density at radius 3 is 2.44 bits per heavy atom. The molecule has 0 aliphatic carbocycles. The Hall–Kier alpha value is -2.73. The number of furan rings is 1. The number of carbonyl (C=O) groups excluding carboxylic acids is 2. The van der Waals surface area contributed by atoms with Crippen molar-refractivity contribution >= 4 is 34.3 Å². The predicted molar refractivity (Wildman–Crippen MR) is 93.8 cm³/mol. The molecule has 0 radical (unpaired) electrons. The van der Waals surface area contributed by atoms with Crippen LogP contribution >= 0.6 is 11.6 Å². The van der Waals surface area contributed by atoms with Gasteiger partial charge in [-0.1, -0.05) is 11.6 Å². The largest absolute Gasteiger partial charge is 0.459 e. The number of amides is 2. The van der Waals surface area contributed by atoms with E-state index in [2.05, 4.69) is 4.98 Å². The van der Waals surface area contributed by atoms with Gasteiger partial charge in [0.15, 0.2) is 5.76 Å². The second-order valence-corrected chi connectivity index (χ2v) is 6.39. The van der Waals surface area contributed by atoms with Gasteiger partial charge in [-0.05, 0) is 30.3 Å². The summed E-state index contributed by atoms with van der Waals surface area (Å²) in [6, 6.07) is 8.77. The number of benzene rings is 1. The smallest absolute Gasteiger partial charge is 0.289 e. The van der Waals surface area contributed by atoms with Crippen molar-refractivity contribution in [2.24, 2.45) is 0 Å². The SMILES string of the molecule is O=C(c1ccco1)N1CCN(C(=O)c2c[nH]c3ccc(Cl)cc23)CC1. The van der Waals surface area contributed by atoms with Gasteiger partial charge in [-0.3, -0.25) is 9.59 Å². The van der Waals surface area contributed by atoms with E-state index in [-0.39, 0.29) is 11.8 Å². The molecule has 4 rings (SSSR count). The molecule has 2 amide bonds. The van der Waals surface area contributed by atoms with Crippen molar-refractivity contribution < 1.29 is 14.0 Å². The number of halogens is 1. The molecule has 1 N–H and O–H groups in total. The number of nitrogens with one attached hydrogen (secondary N) is 1. The highest BCUT2D eigenvalue weighted by Crippen LogP contribution is 2.24. The van der Waals surface area contributed by atoms with Crippen molar-refractivity contribution in [3.8, 4) is 0 Å². The highest BCUT2D eigenvalue weighted by molar-refractivity contribution is 6.31. The fourth-order valence-electron chi connectivity index (χ4n) is 3.11. The van der Waals surface area contributed by atoms with Gasteiger partial charge in [0.25, 0.3) is 11.8 Å². The summed E-state index contributed by atoms with van der Waals surface area (Å²) < 4.78 is 5.15. The lowest BCUT2D eigenvalue weighted by Gasteiger charge is -2.34. The van der Waals surface area contributed by atoms with Crippen LogP contribution in [0.4, 0.5) is 0 Å². The Morgan fingerprint density at radius 1 is 1.04 bits per heavy atom. The Labute approximate surface area is 149 Å². The first-order valence-electron chi connectivity index (χ1n) is 8.02. The normalized spacial score (nSPS) is 14.9. The molecule has 1 saturated heterocycles. The first-order valence-corrected chi connectivity index (χ1v) is 8.40. The van der Waals surface area contributed by atoms with E-state index < -0.39 is 0 Å². The van der Waals surface area contributed by atoms with E-state index >= 15 is 0 Å². The summed E-state index contributed by atoms with van der Waals surface area (Å²) in [6.45, 7) is 1.93. The number of rotatable bonds is 2. The molecule has 3 heterocycles. The molecular formula is C18H16ClN3O3. The third kappa shape index (κ3) is 2.89. The quantitative estimate of drug-likeness (QED) is 0.766. The third-order valence-electron chi connectivity index (χ3n) is 4.46. The first-order chi connectivity index (χ1) is 12.1. The number of hydrogen-bond acceptors (Lipinski definition) is 3. The van der Waals surface area contributed by atoms with Crippen LogP contribution in [0.3, 0.4) is 0 Å². The van der Waals surface area contributed by atoms with E-state index in [1.54, 1.807) is 40.3 Å². The maximum Gasteiger partial charge on any atom is 0.289 e. The molecule has 1 aromatic carbocycles. The van der Waals surface area contributed by atoms with Gasteiger partial charge < -0.3 is 19.2 Å². The number of aromatic nitrogens is 1. The van der Waals surface area contributed by atoms with Crippen molar-refractivity contribution in [1.82, 2.24) is 14.8 Å². The minimum Gasteiger partial charge on any atom is -0.459 e. The summed E-state index contributed by atoms with van der Waals surface area (Å²) in [4.78, 5) is 31.7. The van der Waals surface area contributed by atoms with Crippen molar-refractivity contribution in [3.05, 3.63) is 59.1 Å². The van der Waals surface area contributed by atoms with Crippen LogP contribution in [0, 0.1) is 0 Å². The summed E-state index contributed by atoms with van der Waals surface area (Å²) in [6.07, 6.45) is 3.19. The number of piperazine rings is 1. The van der Waals surface area contributed by atoms with Crippen LogP contribution in [0.25, 0.3) is 10.9 Å². The molecule has 2 aromatic heterocycles. The molecule has 1 aliphatic rings. The molecule has 0 bridgehead atoms. The molecule has 25 heavy (non-hydrogen) atoms. The van der Waals surface area contributed by atoms with Gasteiger partial charge in [-0.15, -0.1) is 0 Å². The monoisotopic (exact) mass is 357 g/mol. The second kappa shape index (κ2) is 6.29. The maximum absolute atomic E-state index is 12.8.